The molecule has 3 nitrogen and oxygen atoms in total. The molecule has 0 aliphatic rings. The fourth-order valence-electron chi connectivity index (χ4n) is 0.923. The van der Waals surface area contributed by atoms with Crippen LogP contribution in [-0.4, -0.2) is 12.5 Å². The molecule has 1 rings (SSSR count). The zero-order valence-electron chi connectivity index (χ0n) is 7.30. The number of nitrogens with one attached hydrogen (secondary N) is 1. The van der Waals surface area contributed by atoms with E-state index < -0.39 is 0 Å². The Kier molecular flexibility index (Phi) is 3.28. The van der Waals surface area contributed by atoms with Crippen molar-refractivity contribution in [3.63, 3.8) is 0 Å². The minimum absolute atomic E-state index is 0.0375. The number of benzene rings is 1. The highest BCUT2D eigenvalue weighted by atomic mass is 35.5. The van der Waals surface area contributed by atoms with Crippen LogP contribution in [0, 0.1) is 6.92 Å². The zero-order valence-corrected chi connectivity index (χ0v) is 8.06. The fraction of sp³-hybridized carbons (Fsp3) is 0.222. The number of halogens is 1. The molecule has 13 heavy (non-hydrogen) atoms. The molecule has 0 unspecified atom stereocenters. The van der Waals surface area contributed by atoms with Gasteiger partial charge < -0.3 is 11.1 Å². The van der Waals surface area contributed by atoms with Crippen LogP contribution in [0.15, 0.2) is 18.2 Å². The number of aryl methyl sites for hydroxylation is 1. The smallest absolute Gasteiger partial charge is 0.238 e. The second kappa shape index (κ2) is 4.25. The van der Waals surface area contributed by atoms with Gasteiger partial charge in [0.05, 0.1) is 17.3 Å². The average Bonchev–Trinajstić information content (AvgIpc) is 2.09. The summed E-state index contributed by atoms with van der Waals surface area (Å²) in [6.45, 7) is 1.89. The standard InChI is InChI=1S/C9H11ClN2O/c1-6-2-3-8(7(10)4-6)12-9(13)5-11/h2-4H,5,11H2,1H3,(H,12,13). The zero-order chi connectivity index (χ0) is 9.84. The molecule has 0 aliphatic heterocycles. The molecule has 3 N–H and O–H groups in total. The highest BCUT2D eigenvalue weighted by molar-refractivity contribution is 6.33. The maximum absolute atomic E-state index is 10.9. The Balaban J connectivity index is 2.83. The van der Waals surface area contributed by atoms with Crippen LogP contribution in [0.1, 0.15) is 5.56 Å². The molecule has 1 aromatic carbocycles. The van der Waals surface area contributed by atoms with Crippen LogP contribution in [0.25, 0.3) is 0 Å². The average molecular weight is 199 g/mol. The van der Waals surface area contributed by atoms with Crippen LogP contribution in [0.2, 0.25) is 5.02 Å². The Bertz CT molecular complexity index is 325. The summed E-state index contributed by atoms with van der Waals surface area (Å²) >= 11 is 5.88. The largest absolute Gasteiger partial charge is 0.324 e. The molecular weight excluding hydrogens is 188 g/mol. The number of anilines is 1. The van der Waals surface area contributed by atoms with Crippen molar-refractivity contribution in [3.8, 4) is 0 Å². The number of amides is 1. The third-order valence-electron chi connectivity index (χ3n) is 1.58. The minimum atomic E-state index is -0.245. The van der Waals surface area contributed by atoms with Gasteiger partial charge in [0.15, 0.2) is 0 Å². The van der Waals surface area contributed by atoms with Crippen molar-refractivity contribution in [2.24, 2.45) is 5.73 Å². The maximum atomic E-state index is 10.9. The molecule has 0 saturated carbocycles. The van der Waals surface area contributed by atoms with Crippen LogP contribution < -0.4 is 11.1 Å². The molecule has 0 saturated heterocycles. The van der Waals surface area contributed by atoms with Crippen molar-refractivity contribution in [1.29, 1.82) is 0 Å². The van der Waals surface area contributed by atoms with Gasteiger partial charge in [-0.05, 0) is 24.6 Å². The second-order valence-electron chi connectivity index (χ2n) is 2.74. The Morgan fingerprint density at radius 2 is 2.31 bits per heavy atom. The Morgan fingerprint density at radius 3 is 2.85 bits per heavy atom. The van der Waals surface area contributed by atoms with E-state index in [1.54, 1.807) is 12.1 Å². The van der Waals surface area contributed by atoms with E-state index in [1.807, 2.05) is 13.0 Å². The number of hydrogen-bond acceptors (Lipinski definition) is 2. The van der Waals surface area contributed by atoms with Crippen LogP contribution in [0.5, 0.6) is 0 Å². The van der Waals surface area contributed by atoms with Crippen LogP contribution in [0.3, 0.4) is 0 Å². The van der Waals surface area contributed by atoms with Crippen LogP contribution in [-0.2, 0) is 4.79 Å². The van der Waals surface area contributed by atoms with E-state index in [0.717, 1.165) is 5.56 Å². The van der Waals surface area contributed by atoms with Gasteiger partial charge in [0.1, 0.15) is 0 Å². The first-order chi connectivity index (χ1) is 6.13. The summed E-state index contributed by atoms with van der Waals surface area (Å²) in [6, 6.07) is 5.41. The lowest BCUT2D eigenvalue weighted by atomic mass is 10.2. The van der Waals surface area contributed by atoms with Crippen molar-refractivity contribution in [3.05, 3.63) is 28.8 Å². The maximum Gasteiger partial charge on any atom is 0.238 e. The summed E-state index contributed by atoms with van der Waals surface area (Å²) in [6.07, 6.45) is 0. The van der Waals surface area contributed by atoms with Gasteiger partial charge >= 0.3 is 0 Å². The predicted octanol–water partition coefficient (Wildman–Crippen LogP) is 1.55. The quantitative estimate of drug-likeness (QED) is 0.758. The SMILES string of the molecule is Cc1ccc(NC(=O)CN)c(Cl)c1. The number of rotatable bonds is 2. The van der Waals surface area contributed by atoms with Gasteiger partial charge in [-0.25, -0.2) is 0 Å². The number of hydrogen-bond donors (Lipinski definition) is 2. The topological polar surface area (TPSA) is 55.1 Å². The molecule has 1 aromatic rings. The summed E-state index contributed by atoms with van der Waals surface area (Å²) in [5.74, 6) is -0.245. The van der Waals surface area contributed by atoms with E-state index in [4.69, 9.17) is 17.3 Å². The Hall–Kier alpha value is -1.06. The molecule has 0 aromatic heterocycles. The van der Waals surface area contributed by atoms with E-state index in [2.05, 4.69) is 5.32 Å². The van der Waals surface area contributed by atoms with Crippen molar-refractivity contribution >= 4 is 23.2 Å². The molecule has 0 aliphatic carbocycles. The number of carbonyl (C=O) groups is 1. The van der Waals surface area contributed by atoms with Crippen molar-refractivity contribution in [1.82, 2.24) is 0 Å². The van der Waals surface area contributed by atoms with Gasteiger partial charge in [-0.3, -0.25) is 4.79 Å². The Morgan fingerprint density at radius 1 is 1.62 bits per heavy atom. The molecule has 4 heteroatoms. The predicted molar refractivity (Wildman–Crippen MR) is 53.9 cm³/mol. The van der Waals surface area contributed by atoms with Crippen LogP contribution in [0.4, 0.5) is 5.69 Å². The first kappa shape index (κ1) is 10.0. The van der Waals surface area contributed by atoms with E-state index in [9.17, 15) is 4.79 Å². The highest BCUT2D eigenvalue weighted by Crippen LogP contribution is 2.22. The van der Waals surface area contributed by atoms with E-state index >= 15 is 0 Å². The van der Waals surface area contributed by atoms with E-state index in [1.165, 1.54) is 0 Å². The molecular formula is C9H11ClN2O. The first-order valence-electron chi connectivity index (χ1n) is 3.89. The lowest BCUT2D eigenvalue weighted by Gasteiger charge is -2.05. The summed E-state index contributed by atoms with van der Waals surface area (Å²) in [5, 5.41) is 3.12. The first-order valence-corrected chi connectivity index (χ1v) is 4.27. The van der Waals surface area contributed by atoms with Crippen molar-refractivity contribution in [2.45, 2.75) is 6.92 Å². The van der Waals surface area contributed by atoms with Gasteiger partial charge in [0.2, 0.25) is 5.91 Å². The molecule has 0 bridgehead atoms. The van der Waals surface area contributed by atoms with E-state index in [0.29, 0.717) is 10.7 Å². The minimum Gasteiger partial charge on any atom is -0.324 e. The molecule has 70 valence electrons. The molecule has 0 fully saturated rings. The van der Waals surface area contributed by atoms with Gasteiger partial charge in [0.25, 0.3) is 0 Å². The second-order valence-corrected chi connectivity index (χ2v) is 3.14. The van der Waals surface area contributed by atoms with Gasteiger partial charge in [0, 0.05) is 0 Å². The van der Waals surface area contributed by atoms with Gasteiger partial charge in [-0.1, -0.05) is 17.7 Å². The summed E-state index contributed by atoms with van der Waals surface area (Å²) in [5.41, 5.74) is 6.80. The summed E-state index contributed by atoms with van der Waals surface area (Å²) in [4.78, 5) is 10.9. The molecule has 0 heterocycles. The van der Waals surface area contributed by atoms with Crippen molar-refractivity contribution in [2.75, 3.05) is 11.9 Å². The van der Waals surface area contributed by atoms with Gasteiger partial charge in [-0.15, -0.1) is 0 Å². The lowest BCUT2D eigenvalue weighted by Crippen LogP contribution is -2.21. The third-order valence-corrected chi connectivity index (χ3v) is 1.90. The summed E-state index contributed by atoms with van der Waals surface area (Å²) in [7, 11) is 0. The monoisotopic (exact) mass is 198 g/mol. The lowest BCUT2D eigenvalue weighted by molar-refractivity contribution is -0.114. The fourth-order valence-corrected chi connectivity index (χ4v) is 1.21. The van der Waals surface area contributed by atoms with Crippen molar-refractivity contribution < 1.29 is 4.79 Å². The highest BCUT2D eigenvalue weighted by Gasteiger charge is 2.03. The normalized spacial score (nSPS) is 9.77. The molecule has 0 radical (unpaired) electrons. The van der Waals surface area contributed by atoms with E-state index in [-0.39, 0.29) is 12.5 Å². The third kappa shape index (κ3) is 2.72. The van der Waals surface area contributed by atoms with Crippen LogP contribution >= 0.6 is 11.6 Å². The molecule has 0 spiro atoms. The Labute approximate surface area is 81.9 Å². The summed E-state index contributed by atoms with van der Waals surface area (Å²) < 4.78 is 0. The molecule has 0 atom stereocenters. The number of nitrogens with two attached hydrogens (primary N) is 1. The van der Waals surface area contributed by atoms with Gasteiger partial charge in [-0.2, -0.15) is 0 Å². The number of carbonyl (C=O) groups excluding carboxylic acids is 1. The molecule has 1 amide bonds.